The largest absolute Gasteiger partial charge is 0.452 e. The molecule has 0 atom stereocenters. The van der Waals surface area contributed by atoms with E-state index in [1.807, 2.05) is 13.0 Å². The molecule has 0 saturated carbocycles. The average Bonchev–Trinajstić information content (AvgIpc) is 2.33. The van der Waals surface area contributed by atoms with Crippen LogP contribution in [0.1, 0.15) is 5.56 Å². The molecule has 0 unspecified atom stereocenters. The fourth-order valence-corrected chi connectivity index (χ4v) is 0.890. The number of hydrogen-bond acceptors (Lipinski definition) is 3. The van der Waals surface area contributed by atoms with Crippen molar-refractivity contribution < 1.29 is 9.47 Å². The lowest BCUT2D eigenvalue weighted by Crippen LogP contribution is -1.93. The molecule has 3 nitrogen and oxygen atoms in total. The van der Waals surface area contributed by atoms with E-state index in [1.54, 1.807) is 6.20 Å². The van der Waals surface area contributed by atoms with Crippen molar-refractivity contribution in [2.45, 2.75) is 6.92 Å². The number of nitrogens with zero attached hydrogens (tertiary/aromatic N) is 1. The Balaban J connectivity index is 2.52. The van der Waals surface area contributed by atoms with Gasteiger partial charge in [0.15, 0.2) is 5.75 Å². The molecule has 1 aromatic rings. The van der Waals surface area contributed by atoms with Crippen molar-refractivity contribution in [3.05, 3.63) is 17.8 Å². The van der Waals surface area contributed by atoms with Gasteiger partial charge >= 0.3 is 0 Å². The summed E-state index contributed by atoms with van der Waals surface area (Å²) in [7, 11) is 0. The minimum absolute atomic E-state index is 0.297. The van der Waals surface area contributed by atoms with E-state index in [1.165, 1.54) is 0 Å². The molecule has 0 N–H and O–H groups in total. The van der Waals surface area contributed by atoms with Crippen molar-refractivity contribution in [1.29, 1.82) is 0 Å². The molecule has 0 amide bonds. The molecule has 1 aromatic heterocycles. The van der Waals surface area contributed by atoms with Crippen molar-refractivity contribution in [3.63, 3.8) is 0 Å². The molecule has 2 rings (SSSR count). The van der Waals surface area contributed by atoms with Gasteiger partial charge in [0, 0.05) is 6.20 Å². The first-order valence-electron chi connectivity index (χ1n) is 3.08. The summed E-state index contributed by atoms with van der Waals surface area (Å²) in [6.07, 6.45) is 1.76. The normalized spacial score (nSPS) is 13.7. The molecule has 10 heavy (non-hydrogen) atoms. The third kappa shape index (κ3) is 0.708. The molecular weight excluding hydrogens is 130 g/mol. The van der Waals surface area contributed by atoms with Crippen LogP contribution < -0.4 is 9.47 Å². The smallest absolute Gasteiger partial charge is 0.260 e. The first-order valence-corrected chi connectivity index (χ1v) is 3.08. The van der Waals surface area contributed by atoms with Gasteiger partial charge < -0.3 is 9.47 Å². The fraction of sp³-hybridized carbons (Fsp3) is 0.286. The molecule has 2 heterocycles. The second kappa shape index (κ2) is 1.87. The monoisotopic (exact) mass is 137 g/mol. The van der Waals surface area contributed by atoms with Crippen LogP contribution in [-0.4, -0.2) is 11.8 Å². The van der Waals surface area contributed by atoms with Crippen molar-refractivity contribution >= 4 is 0 Å². The lowest BCUT2D eigenvalue weighted by Gasteiger charge is -1.93. The van der Waals surface area contributed by atoms with Gasteiger partial charge in [0.25, 0.3) is 5.88 Å². The zero-order chi connectivity index (χ0) is 6.97. The van der Waals surface area contributed by atoms with Gasteiger partial charge in [-0.25, -0.2) is 4.98 Å². The van der Waals surface area contributed by atoms with Gasteiger partial charge in [-0.05, 0) is 18.6 Å². The lowest BCUT2D eigenvalue weighted by atomic mass is 10.3. The maximum atomic E-state index is 5.09. The van der Waals surface area contributed by atoms with E-state index in [-0.39, 0.29) is 0 Å². The number of aromatic nitrogens is 1. The third-order valence-corrected chi connectivity index (χ3v) is 1.37. The summed E-state index contributed by atoms with van der Waals surface area (Å²) in [5.74, 6) is 1.35. The van der Waals surface area contributed by atoms with Crippen LogP contribution in [0.5, 0.6) is 11.6 Å². The van der Waals surface area contributed by atoms with E-state index < -0.39 is 0 Å². The number of rotatable bonds is 0. The minimum Gasteiger partial charge on any atom is -0.452 e. The van der Waals surface area contributed by atoms with Crippen LogP contribution in [0.3, 0.4) is 0 Å². The van der Waals surface area contributed by atoms with E-state index in [4.69, 9.17) is 9.47 Å². The Hall–Kier alpha value is -1.25. The third-order valence-electron chi connectivity index (χ3n) is 1.37. The van der Waals surface area contributed by atoms with E-state index in [0.717, 1.165) is 11.3 Å². The maximum absolute atomic E-state index is 5.09. The number of aryl methyl sites for hydroxylation is 1. The van der Waals surface area contributed by atoms with Gasteiger partial charge in [0.05, 0.1) is 0 Å². The van der Waals surface area contributed by atoms with Crippen molar-refractivity contribution in [3.8, 4) is 11.6 Å². The Morgan fingerprint density at radius 1 is 1.50 bits per heavy atom. The summed E-state index contributed by atoms with van der Waals surface area (Å²) in [4.78, 5) is 4.01. The van der Waals surface area contributed by atoms with Crippen LogP contribution in [0.25, 0.3) is 0 Å². The summed E-state index contributed by atoms with van der Waals surface area (Å²) >= 11 is 0. The Labute approximate surface area is 58.6 Å². The number of ether oxygens (including phenoxy) is 2. The number of hydrogen-bond donors (Lipinski definition) is 0. The van der Waals surface area contributed by atoms with Crippen LogP contribution in [0.2, 0.25) is 0 Å². The Morgan fingerprint density at radius 2 is 2.40 bits per heavy atom. The highest BCUT2D eigenvalue weighted by molar-refractivity contribution is 5.37. The van der Waals surface area contributed by atoms with Crippen LogP contribution >= 0.6 is 0 Å². The van der Waals surface area contributed by atoms with Gasteiger partial charge in [-0.1, -0.05) is 0 Å². The zero-order valence-corrected chi connectivity index (χ0v) is 5.63. The number of pyridine rings is 1. The van der Waals surface area contributed by atoms with Crippen LogP contribution in [0.4, 0.5) is 0 Å². The maximum Gasteiger partial charge on any atom is 0.260 e. The molecule has 0 bridgehead atoms. The highest BCUT2D eigenvalue weighted by Gasteiger charge is 2.13. The summed E-state index contributed by atoms with van der Waals surface area (Å²) in [6, 6.07) is 1.91. The van der Waals surface area contributed by atoms with E-state index in [2.05, 4.69) is 4.98 Å². The molecule has 0 aliphatic carbocycles. The highest BCUT2D eigenvalue weighted by atomic mass is 16.7. The van der Waals surface area contributed by atoms with Crippen molar-refractivity contribution in [1.82, 2.24) is 4.98 Å². The van der Waals surface area contributed by atoms with E-state index in [0.29, 0.717) is 12.7 Å². The first kappa shape index (κ1) is 5.53. The number of fused-ring (bicyclic) bond motifs is 1. The van der Waals surface area contributed by atoms with Crippen molar-refractivity contribution in [2.75, 3.05) is 6.79 Å². The molecule has 0 saturated heterocycles. The summed E-state index contributed by atoms with van der Waals surface area (Å²) in [6.45, 7) is 2.26. The molecular formula is C7H7NO2. The quantitative estimate of drug-likeness (QED) is 0.537. The second-order valence-electron chi connectivity index (χ2n) is 2.22. The van der Waals surface area contributed by atoms with Gasteiger partial charge in [-0.15, -0.1) is 0 Å². The van der Waals surface area contributed by atoms with E-state index >= 15 is 0 Å². The predicted octanol–water partition coefficient (Wildman–Crippen LogP) is 1.12. The molecule has 0 fully saturated rings. The van der Waals surface area contributed by atoms with Crippen molar-refractivity contribution in [2.24, 2.45) is 0 Å². The van der Waals surface area contributed by atoms with Gasteiger partial charge in [0.2, 0.25) is 6.79 Å². The summed E-state index contributed by atoms with van der Waals surface area (Å²) in [5.41, 5.74) is 1.09. The zero-order valence-electron chi connectivity index (χ0n) is 5.63. The van der Waals surface area contributed by atoms with Gasteiger partial charge in [0.1, 0.15) is 0 Å². The molecule has 3 heteroatoms. The Morgan fingerprint density at radius 3 is 3.30 bits per heavy atom. The summed E-state index contributed by atoms with van der Waals surface area (Å²) in [5, 5.41) is 0. The standard InChI is InChI=1S/C7H7NO2/c1-5-2-6-7(8-3-5)10-4-9-6/h2-3H,4H2,1H3. The Bertz CT molecular complexity index is 260. The topological polar surface area (TPSA) is 31.4 Å². The molecule has 0 spiro atoms. The molecule has 1 aliphatic heterocycles. The fourth-order valence-electron chi connectivity index (χ4n) is 0.890. The molecule has 0 radical (unpaired) electrons. The van der Waals surface area contributed by atoms with E-state index in [9.17, 15) is 0 Å². The minimum atomic E-state index is 0.297. The molecule has 0 aromatic carbocycles. The summed E-state index contributed by atoms with van der Waals surface area (Å²) < 4.78 is 10.1. The van der Waals surface area contributed by atoms with Crippen LogP contribution in [0.15, 0.2) is 12.3 Å². The second-order valence-corrected chi connectivity index (χ2v) is 2.22. The molecule has 1 aliphatic rings. The van der Waals surface area contributed by atoms with Gasteiger partial charge in [-0.2, -0.15) is 0 Å². The van der Waals surface area contributed by atoms with Crippen LogP contribution in [-0.2, 0) is 0 Å². The Kier molecular flexibility index (Phi) is 1.03. The highest BCUT2D eigenvalue weighted by Crippen LogP contribution is 2.29. The van der Waals surface area contributed by atoms with Crippen LogP contribution in [0, 0.1) is 6.92 Å². The average molecular weight is 137 g/mol. The predicted molar refractivity (Wildman–Crippen MR) is 35.1 cm³/mol. The molecule has 52 valence electrons. The SMILES string of the molecule is Cc1cnc2c(c1)OCO2. The lowest BCUT2D eigenvalue weighted by molar-refractivity contribution is 0.171. The first-order chi connectivity index (χ1) is 4.86. The van der Waals surface area contributed by atoms with Gasteiger partial charge in [-0.3, -0.25) is 0 Å².